The Morgan fingerprint density at radius 1 is 1.09 bits per heavy atom. The van der Waals surface area contributed by atoms with E-state index < -0.39 is 6.10 Å². The third-order valence-corrected chi connectivity index (χ3v) is 5.59. The minimum Gasteiger partial charge on any atom is -0.504 e. The van der Waals surface area contributed by atoms with E-state index >= 15 is 0 Å². The van der Waals surface area contributed by atoms with Crippen LogP contribution in [-0.4, -0.2) is 50.1 Å². The number of nitrogens with one attached hydrogen (secondary N) is 1. The lowest BCUT2D eigenvalue weighted by molar-refractivity contribution is -0.121. The summed E-state index contributed by atoms with van der Waals surface area (Å²) < 4.78 is 16.9. The van der Waals surface area contributed by atoms with Crippen molar-refractivity contribution in [2.24, 2.45) is 0 Å². The fraction of sp³-hybridized carbons (Fsp3) is 0.423. The van der Waals surface area contributed by atoms with E-state index in [0.29, 0.717) is 49.5 Å². The number of aryl methyl sites for hydroxylation is 2. The van der Waals surface area contributed by atoms with Crippen molar-refractivity contribution in [3.63, 3.8) is 0 Å². The van der Waals surface area contributed by atoms with Crippen LogP contribution in [0.3, 0.4) is 0 Å². The number of aliphatic hydroxyl groups is 1. The number of Topliss-reactive ketones (excluding diaryl/α,β-unsaturated/α-hetero) is 1. The van der Waals surface area contributed by atoms with E-state index in [2.05, 4.69) is 17.2 Å². The van der Waals surface area contributed by atoms with Crippen molar-refractivity contribution >= 4 is 5.78 Å². The summed E-state index contributed by atoms with van der Waals surface area (Å²) in [6.07, 6.45) is 1.55. The molecule has 0 amide bonds. The molecule has 1 atom stereocenters. The van der Waals surface area contributed by atoms with E-state index in [1.165, 1.54) is 7.11 Å². The van der Waals surface area contributed by atoms with Crippen molar-refractivity contribution in [2.45, 2.75) is 44.6 Å². The van der Waals surface area contributed by atoms with Gasteiger partial charge < -0.3 is 24.4 Å². The molecule has 0 fully saturated rings. The number of phenols is 1. The Labute approximate surface area is 194 Å². The number of aromatic hydroxyl groups is 1. The van der Waals surface area contributed by atoms with Gasteiger partial charge in [-0.2, -0.15) is 0 Å². The van der Waals surface area contributed by atoms with Crippen molar-refractivity contribution in [1.82, 2.24) is 5.32 Å². The average Bonchev–Trinajstić information content (AvgIpc) is 2.80. The SMILES string of the molecule is CNCOc1c2cc(cc1OC)CCC(O)CC(=O)CCc1ccc(O)c(OC)c1C#CC2. The Balaban J connectivity index is 2.10. The van der Waals surface area contributed by atoms with Crippen LogP contribution in [0.1, 0.15) is 41.5 Å². The number of hydrogen-bond acceptors (Lipinski definition) is 7. The molecule has 0 radical (unpaired) electrons. The first kappa shape index (κ1) is 24.4. The molecule has 2 aromatic carbocycles. The van der Waals surface area contributed by atoms with Crippen molar-refractivity contribution in [1.29, 1.82) is 0 Å². The highest BCUT2D eigenvalue weighted by atomic mass is 16.5. The second kappa shape index (κ2) is 11.6. The van der Waals surface area contributed by atoms with E-state index in [4.69, 9.17) is 14.2 Å². The molecule has 0 saturated carbocycles. The summed E-state index contributed by atoms with van der Waals surface area (Å²) in [4.78, 5) is 12.5. The summed E-state index contributed by atoms with van der Waals surface area (Å²) in [7, 11) is 4.85. The fourth-order valence-corrected chi connectivity index (χ4v) is 3.93. The van der Waals surface area contributed by atoms with Gasteiger partial charge in [0.2, 0.25) is 0 Å². The van der Waals surface area contributed by atoms with Crippen molar-refractivity contribution in [2.75, 3.05) is 28.0 Å². The molecule has 0 saturated heterocycles. The molecular weight excluding hydrogens is 422 g/mol. The van der Waals surface area contributed by atoms with Gasteiger partial charge in [-0.25, -0.2) is 0 Å². The van der Waals surface area contributed by atoms with Crippen LogP contribution >= 0.6 is 0 Å². The van der Waals surface area contributed by atoms with E-state index in [-0.39, 0.29) is 30.1 Å². The van der Waals surface area contributed by atoms with Crippen LogP contribution in [0.25, 0.3) is 0 Å². The zero-order valence-electron chi connectivity index (χ0n) is 19.4. The molecule has 1 aliphatic carbocycles. The average molecular weight is 454 g/mol. The van der Waals surface area contributed by atoms with Crippen molar-refractivity contribution in [3.05, 3.63) is 46.5 Å². The maximum Gasteiger partial charge on any atom is 0.176 e. The zero-order chi connectivity index (χ0) is 23.8. The molecule has 1 unspecified atom stereocenters. The number of carbonyl (C=O) groups excluding carboxylic acids is 1. The van der Waals surface area contributed by atoms with Crippen molar-refractivity contribution < 1.29 is 29.2 Å². The highest BCUT2D eigenvalue weighted by molar-refractivity contribution is 5.79. The maximum absolute atomic E-state index is 12.5. The Morgan fingerprint density at radius 3 is 2.64 bits per heavy atom. The van der Waals surface area contributed by atoms with E-state index in [0.717, 1.165) is 16.7 Å². The van der Waals surface area contributed by atoms with E-state index in [1.807, 2.05) is 12.1 Å². The highest BCUT2D eigenvalue weighted by Gasteiger charge is 2.18. The number of ether oxygens (including phenoxy) is 3. The molecule has 3 N–H and O–H groups in total. The van der Waals surface area contributed by atoms with Crippen molar-refractivity contribution in [3.8, 4) is 34.8 Å². The summed E-state index contributed by atoms with van der Waals surface area (Å²) in [5.74, 6) is 7.77. The number of fused-ring (bicyclic) bond motifs is 3. The molecule has 176 valence electrons. The minimum atomic E-state index is -0.720. The number of ketones is 1. The summed E-state index contributed by atoms with van der Waals surface area (Å²) in [6.45, 7) is 0.307. The zero-order valence-corrected chi connectivity index (χ0v) is 19.4. The maximum atomic E-state index is 12.5. The van der Waals surface area contributed by atoms with E-state index in [1.54, 1.807) is 26.3 Å². The largest absolute Gasteiger partial charge is 0.504 e. The fourth-order valence-electron chi connectivity index (χ4n) is 3.93. The molecule has 0 heterocycles. The lowest BCUT2D eigenvalue weighted by Crippen LogP contribution is -2.16. The number of rotatable bonds is 5. The van der Waals surface area contributed by atoms with Gasteiger partial charge in [0.25, 0.3) is 0 Å². The molecule has 2 bridgehead atoms. The number of phenolic OH excluding ortho intramolecular Hbond substituents is 1. The molecule has 2 aromatic rings. The van der Waals surface area contributed by atoms with Gasteiger partial charge >= 0.3 is 0 Å². The van der Waals surface area contributed by atoms with Gasteiger partial charge in [-0.3, -0.25) is 10.1 Å². The third-order valence-electron chi connectivity index (χ3n) is 5.59. The smallest absolute Gasteiger partial charge is 0.176 e. The summed E-state index contributed by atoms with van der Waals surface area (Å²) in [5.41, 5.74) is 3.19. The predicted octanol–water partition coefficient (Wildman–Crippen LogP) is 2.76. The number of benzene rings is 2. The van der Waals surface area contributed by atoms with Gasteiger partial charge in [-0.15, -0.1) is 0 Å². The third kappa shape index (κ3) is 6.19. The molecule has 3 rings (SSSR count). The first-order chi connectivity index (χ1) is 16.0. The molecule has 7 nitrogen and oxygen atoms in total. The van der Waals surface area contributed by atoms with Crippen LogP contribution in [-0.2, 0) is 24.1 Å². The number of aliphatic hydroxyl groups excluding tert-OH is 1. The van der Waals surface area contributed by atoms with Gasteiger partial charge in [0.05, 0.1) is 25.9 Å². The van der Waals surface area contributed by atoms with Crippen LogP contribution in [0.5, 0.6) is 23.0 Å². The van der Waals surface area contributed by atoms with Crippen LogP contribution < -0.4 is 19.5 Å². The van der Waals surface area contributed by atoms with Gasteiger partial charge in [-0.05, 0) is 49.6 Å². The minimum absolute atomic E-state index is 0.00748. The van der Waals surface area contributed by atoms with Crippen LogP contribution in [0.4, 0.5) is 0 Å². The molecule has 0 aromatic heterocycles. The standard InChI is InChI=1S/C26H31NO6/c1-27-16-33-25-19-5-4-6-22-18(9-12-23(30)26(22)32-3)8-11-21(29)15-20(28)10-7-17(13-19)14-24(25)31-2/h9,12-14,20,27-28,30H,5,7-8,10-11,15-16H2,1-3H3. The first-order valence-corrected chi connectivity index (χ1v) is 11.0. The summed E-state index contributed by atoms with van der Waals surface area (Å²) in [5, 5.41) is 23.6. The highest BCUT2D eigenvalue weighted by Crippen LogP contribution is 2.35. The van der Waals surface area contributed by atoms with Gasteiger partial charge in [0.1, 0.15) is 12.5 Å². The molecule has 0 spiro atoms. The molecule has 33 heavy (non-hydrogen) atoms. The molecular formula is C26H31NO6. The quantitative estimate of drug-likeness (QED) is 0.473. The Morgan fingerprint density at radius 2 is 1.91 bits per heavy atom. The van der Waals surface area contributed by atoms with Crippen LogP contribution in [0.2, 0.25) is 0 Å². The second-order valence-electron chi connectivity index (χ2n) is 7.99. The predicted molar refractivity (Wildman–Crippen MR) is 125 cm³/mol. The lowest BCUT2D eigenvalue weighted by Gasteiger charge is -2.16. The molecule has 0 aliphatic heterocycles. The normalized spacial score (nSPS) is 16.5. The van der Waals surface area contributed by atoms with Gasteiger partial charge in [0.15, 0.2) is 23.0 Å². The molecule has 7 heteroatoms. The Bertz CT molecular complexity index is 1050. The summed E-state index contributed by atoms with van der Waals surface area (Å²) in [6, 6.07) is 7.20. The van der Waals surface area contributed by atoms with Crippen LogP contribution in [0, 0.1) is 11.8 Å². The Kier molecular flexibility index (Phi) is 8.58. The summed E-state index contributed by atoms with van der Waals surface area (Å²) >= 11 is 0. The Hall–Kier alpha value is -3.21. The van der Waals surface area contributed by atoms with Gasteiger partial charge in [-0.1, -0.05) is 24.0 Å². The van der Waals surface area contributed by atoms with Gasteiger partial charge in [0, 0.05) is 24.8 Å². The number of hydrogen-bond donors (Lipinski definition) is 3. The topological polar surface area (TPSA) is 97.2 Å². The number of methoxy groups -OCH3 is 2. The lowest BCUT2D eigenvalue weighted by atomic mass is 9.97. The molecule has 1 aliphatic rings. The monoisotopic (exact) mass is 453 g/mol. The second-order valence-corrected chi connectivity index (χ2v) is 7.99. The van der Waals surface area contributed by atoms with Crippen LogP contribution in [0.15, 0.2) is 24.3 Å². The van der Waals surface area contributed by atoms with E-state index in [9.17, 15) is 15.0 Å². The first-order valence-electron chi connectivity index (χ1n) is 11.0. The number of carbonyl (C=O) groups is 1.